The Balaban J connectivity index is 1.82. The number of benzene rings is 2. The molecule has 1 aliphatic rings. The van der Waals surface area contributed by atoms with Crippen molar-refractivity contribution >= 4 is 0 Å². The van der Waals surface area contributed by atoms with Crippen LogP contribution < -0.4 is 15.2 Å². The number of hydrogen-bond donors (Lipinski definition) is 1. The molecule has 0 saturated heterocycles. The molecule has 0 saturated carbocycles. The lowest BCUT2D eigenvalue weighted by Crippen LogP contribution is -2.30. The number of ether oxygens (including phenoxy) is 2. The van der Waals surface area contributed by atoms with Crippen LogP contribution in [0.2, 0.25) is 0 Å². The first-order valence-corrected chi connectivity index (χ1v) is 7.41. The number of rotatable bonds is 4. The molecular weight excluding hydrogens is 262 g/mol. The number of para-hydroxylation sites is 2. The highest BCUT2D eigenvalue weighted by atomic mass is 16.5. The minimum Gasteiger partial charge on any atom is -0.491 e. The van der Waals surface area contributed by atoms with E-state index in [0.29, 0.717) is 0 Å². The van der Waals surface area contributed by atoms with Gasteiger partial charge in [-0.3, -0.25) is 0 Å². The van der Waals surface area contributed by atoms with E-state index in [4.69, 9.17) is 15.2 Å². The van der Waals surface area contributed by atoms with E-state index in [-0.39, 0.29) is 18.2 Å². The van der Waals surface area contributed by atoms with Crippen LogP contribution in [0.15, 0.2) is 48.5 Å². The zero-order valence-corrected chi connectivity index (χ0v) is 12.5. The quantitative estimate of drug-likeness (QED) is 0.934. The molecule has 1 heterocycles. The van der Waals surface area contributed by atoms with Crippen LogP contribution in [0.1, 0.15) is 31.0 Å². The summed E-state index contributed by atoms with van der Waals surface area (Å²) >= 11 is 0. The standard InChI is InChI=1S/C18H21NO2/c1-12(2)20-16-10-6-4-8-14(16)18(19)17-11-13-7-3-5-9-15(13)21-17/h3-10,12,17-18H,11,19H2,1-2H3. The minimum absolute atomic E-state index is 0.0423. The summed E-state index contributed by atoms with van der Waals surface area (Å²) in [6, 6.07) is 15.9. The molecule has 0 aliphatic carbocycles. The third-order valence-corrected chi connectivity index (χ3v) is 3.71. The Kier molecular flexibility index (Phi) is 3.84. The average molecular weight is 283 g/mol. The minimum atomic E-state index is -0.202. The van der Waals surface area contributed by atoms with Crippen molar-refractivity contribution in [2.45, 2.75) is 38.5 Å². The molecule has 2 aromatic carbocycles. The highest BCUT2D eigenvalue weighted by molar-refractivity contribution is 5.41. The fourth-order valence-electron chi connectivity index (χ4n) is 2.73. The molecule has 3 heteroatoms. The molecule has 3 rings (SSSR count). The van der Waals surface area contributed by atoms with Crippen molar-refractivity contribution in [3.05, 3.63) is 59.7 Å². The largest absolute Gasteiger partial charge is 0.491 e. The third kappa shape index (κ3) is 2.88. The first-order chi connectivity index (χ1) is 10.1. The summed E-state index contributed by atoms with van der Waals surface area (Å²) in [5, 5.41) is 0. The van der Waals surface area contributed by atoms with E-state index >= 15 is 0 Å². The van der Waals surface area contributed by atoms with Crippen molar-refractivity contribution < 1.29 is 9.47 Å². The van der Waals surface area contributed by atoms with Crippen molar-refractivity contribution in [2.24, 2.45) is 5.73 Å². The van der Waals surface area contributed by atoms with Crippen molar-refractivity contribution in [2.75, 3.05) is 0 Å². The first-order valence-electron chi connectivity index (χ1n) is 7.41. The molecule has 0 radical (unpaired) electrons. The van der Waals surface area contributed by atoms with Crippen LogP contribution in [0.3, 0.4) is 0 Å². The normalized spacial score (nSPS) is 18.2. The molecule has 3 nitrogen and oxygen atoms in total. The van der Waals surface area contributed by atoms with Gasteiger partial charge in [0, 0.05) is 12.0 Å². The maximum Gasteiger partial charge on any atom is 0.124 e. The van der Waals surface area contributed by atoms with E-state index in [1.54, 1.807) is 0 Å². The molecule has 110 valence electrons. The Morgan fingerprint density at radius 1 is 1.10 bits per heavy atom. The van der Waals surface area contributed by atoms with E-state index in [0.717, 1.165) is 23.5 Å². The van der Waals surface area contributed by atoms with Gasteiger partial charge in [0.2, 0.25) is 0 Å². The van der Waals surface area contributed by atoms with Crippen LogP contribution in [0, 0.1) is 0 Å². The van der Waals surface area contributed by atoms with Gasteiger partial charge in [-0.05, 0) is 31.5 Å². The molecule has 2 atom stereocenters. The molecule has 2 aromatic rings. The summed E-state index contributed by atoms with van der Waals surface area (Å²) in [5.41, 5.74) is 8.68. The van der Waals surface area contributed by atoms with Gasteiger partial charge in [-0.2, -0.15) is 0 Å². The van der Waals surface area contributed by atoms with E-state index in [1.807, 2.05) is 56.3 Å². The summed E-state index contributed by atoms with van der Waals surface area (Å²) in [7, 11) is 0. The Hall–Kier alpha value is -2.00. The van der Waals surface area contributed by atoms with E-state index < -0.39 is 0 Å². The molecule has 0 aromatic heterocycles. The summed E-state index contributed by atoms with van der Waals surface area (Å²) in [6.07, 6.45) is 0.923. The monoisotopic (exact) mass is 283 g/mol. The Morgan fingerprint density at radius 3 is 2.57 bits per heavy atom. The van der Waals surface area contributed by atoms with Gasteiger partial charge in [0.15, 0.2) is 0 Å². The zero-order valence-electron chi connectivity index (χ0n) is 12.5. The third-order valence-electron chi connectivity index (χ3n) is 3.71. The average Bonchev–Trinajstić information content (AvgIpc) is 2.90. The Bertz CT molecular complexity index is 599. The second-order valence-corrected chi connectivity index (χ2v) is 5.70. The summed E-state index contributed by atoms with van der Waals surface area (Å²) in [5.74, 6) is 1.79. The molecule has 0 spiro atoms. The zero-order chi connectivity index (χ0) is 14.8. The highest BCUT2D eigenvalue weighted by Gasteiger charge is 2.30. The van der Waals surface area contributed by atoms with Crippen LogP contribution in [-0.2, 0) is 6.42 Å². The molecule has 21 heavy (non-hydrogen) atoms. The summed E-state index contributed by atoms with van der Waals surface area (Å²) < 4.78 is 11.9. The van der Waals surface area contributed by atoms with E-state index in [2.05, 4.69) is 6.07 Å². The second kappa shape index (κ2) is 5.78. The van der Waals surface area contributed by atoms with E-state index in [9.17, 15) is 0 Å². The fraction of sp³-hybridized carbons (Fsp3) is 0.333. The molecule has 2 N–H and O–H groups in total. The van der Waals surface area contributed by atoms with Gasteiger partial charge >= 0.3 is 0 Å². The van der Waals surface area contributed by atoms with Gasteiger partial charge in [0.05, 0.1) is 12.1 Å². The highest BCUT2D eigenvalue weighted by Crippen LogP contribution is 2.35. The predicted octanol–water partition coefficient (Wildman–Crippen LogP) is 3.48. The lowest BCUT2D eigenvalue weighted by atomic mass is 9.98. The van der Waals surface area contributed by atoms with Crippen LogP contribution >= 0.6 is 0 Å². The smallest absolute Gasteiger partial charge is 0.124 e. The van der Waals surface area contributed by atoms with Gasteiger partial charge in [0.1, 0.15) is 17.6 Å². The second-order valence-electron chi connectivity index (χ2n) is 5.70. The molecular formula is C18H21NO2. The first kappa shape index (κ1) is 14.0. The number of nitrogens with two attached hydrogens (primary N) is 1. The Morgan fingerprint density at radius 2 is 1.81 bits per heavy atom. The fourth-order valence-corrected chi connectivity index (χ4v) is 2.73. The molecule has 0 fully saturated rings. The van der Waals surface area contributed by atoms with Crippen LogP contribution in [-0.4, -0.2) is 12.2 Å². The molecule has 0 bridgehead atoms. The lowest BCUT2D eigenvalue weighted by molar-refractivity contribution is 0.191. The van der Waals surface area contributed by atoms with Crippen LogP contribution in [0.5, 0.6) is 11.5 Å². The Labute approximate surface area is 125 Å². The van der Waals surface area contributed by atoms with Gasteiger partial charge in [-0.1, -0.05) is 36.4 Å². The topological polar surface area (TPSA) is 44.5 Å². The SMILES string of the molecule is CC(C)Oc1ccccc1C(N)C1Cc2ccccc2O1. The van der Waals surface area contributed by atoms with Gasteiger partial charge in [0.25, 0.3) is 0 Å². The summed E-state index contributed by atoms with van der Waals surface area (Å²) in [6.45, 7) is 4.04. The van der Waals surface area contributed by atoms with E-state index in [1.165, 1.54) is 5.56 Å². The maximum atomic E-state index is 6.45. The predicted molar refractivity (Wildman–Crippen MR) is 83.7 cm³/mol. The van der Waals surface area contributed by atoms with Crippen LogP contribution in [0.4, 0.5) is 0 Å². The van der Waals surface area contributed by atoms with Gasteiger partial charge in [-0.25, -0.2) is 0 Å². The molecule has 1 aliphatic heterocycles. The lowest BCUT2D eigenvalue weighted by Gasteiger charge is -2.23. The number of fused-ring (bicyclic) bond motifs is 1. The van der Waals surface area contributed by atoms with Crippen LogP contribution in [0.25, 0.3) is 0 Å². The number of hydrogen-bond acceptors (Lipinski definition) is 3. The van der Waals surface area contributed by atoms with Crippen molar-refractivity contribution in [3.8, 4) is 11.5 Å². The van der Waals surface area contributed by atoms with Gasteiger partial charge in [-0.15, -0.1) is 0 Å². The summed E-state index contributed by atoms with van der Waals surface area (Å²) in [4.78, 5) is 0. The molecule has 2 unspecified atom stereocenters. The van der Waals surface area contributed by atoms with Crippen molar-refractivity contribution in [1.29, 1.82) is 0 Å². The van der Waals surface area contributed by atoms with Gasteiger partial charge < -0.3 is 15.2 Å². The molecule has 0 amide bonds. The maximum absolute atomic E-state index is 6.45. The van der Waals surface area contributed by atoms with Crippen molar-refractivity contribution in [1.82, 2.24) is 0 Å². The van der Waals surface area contributed by atoms with Crippen molar-refractivity contribution in [3.63, 3.8) is 0 Å².